The van der Waals surface area contributed by atoms with E-state index in [1.165, 1.54) is 0 Å². The summed E-state index contributed by atoms with van der Waals surface area (Å²) in [5.74, 6) is 2.43. The monoisotopic (exact) mass is 374 g/mol. The zero-order chi connectivity index (χ0) is 19.2. The molecule has 0 saturated carbocycles. The molecule has 148 valence electrons. The van der Waals surface area contributed by atoms with Crippen LogP contribution < -0.4 is 9.47 Å². The zero-order valence-electron chi connectivity index (χ0n) is 16.4. The van der Waals surface area contributed by atoms with E-state index in [1.54, 1.807) is 14.0 Å². The fourth-order valence-corrected chi connectivity index (χ4v) is 3.99. The summed E-state index contributed by atoms with van der Waals surface area (Å²) in [5.41, 5.74) is 0. The van der Waals surface area contributed by atoms with Gasteiger partial charge in [0.2, 0.25) is 11.8 Å². The fourth-order valence-electron chi connectivity index (χ4n) is 3.99. The molecule has 0 radical (unpaired) electrons. The maximum absolute atomic E-state index is 12.9. The highest BCUT2D eigenvalue weighted by molar-refractivity contribution is 5.79. The number of rotatable bonds is 5. The average Bonchev–Trinajstić information content (AvgIpc) is 2.72. The molecular formula is C21H30N2O4. The van der Waals surface area contributed by atoms with Crippen molar-refractivity contribution in [1.82, 2.24) is 9.80 Å². The normalized spacial score (nSPS) is 21.0. The van der Waals surface area contributed by atoms with Gasteiger partial charge in [0, 0.05) is 44.9 Å². The molecule has 2 amide bonds. The standard InChI is InChI=1S/C21H30N2O4/c1-16(24)22-12-9-18(10-13-22)21(25)23-11-3-4-17(14-23)15-27-20-7-5-19(26-2)6-8-20/h5-8,17-18H,3-4,9-15H2,1-2H3. The van der Waals surface area contributed by atoms with Crippen LogP contribution in [-0.4, -0.2) is 61.5 Å². The minimum atomic E-state index is 0.0573. The Balaban J connectivity index is 1.47. The lowest BCUT2D eigenvalue weighted by Gasteiger charge is -2.37. The smallest absolute Gasteiger partial charge is 0.225 e. The van der Waals surface area contributed by atoms with Gasteiger partial charge in [-0.25, -0.2) is 0 Å². The number of carbonyl (C=O) groups is 2. The zero-order valence-corrected chi connectivity index (χ0v) is 16.4. The van der Waals surface area contributed by atoms with E-state index in [-0.39, 0.29) is 17.7 Å². The molecule has 1 aromatic rings. The summed E-state index contributed by atoms with van der Waals surface area (Å²) >= 11 is 0. The Morgan fingerprint density at radius 3 is 2.30 bits per heavy atom. The summed E-state index contributed by atoms with van der Waals surface area (Å²) in [5, 5.41) is 0. The van der Waals surface area contributed by atoms with Crippen molar-refractivity contribution >= 4 is 11.8 Å². The number of nitrogens with zero attached hydrogens (tertiary/aromatic N) is 2. The average molecular weight is 374 g/mol. The first kappa shape index (κ1) is 19.5. The summed E-state index contributed by atoms with van der Waals surface area (Å²) < 4.78 is 11.1. The molecule has 2 aliphatic heterocycles. The van der Waals surface area contributed by atoms with E-state index < -0.39 is 0 Å². The van der Waals surface area contributed by atoms with Crippen LogP contribution >= 0.6 is 0 Å². The Morgan fingerprint density at radius 1 is 1.00 bits per heavy atom. The maximum atomic E-state index is 12.9. The molecule has 6 nitrogen and oxygen atoms in total. The first-order chi connectivity index (χ1) is 13.1. The summed E-state index contributed by atoms with van der Waals surface area (Å²) in [7, 11) is 1.65. The Kier molecular flexibility index (Phi) is 6.58. The van der Waals surface area contributed by atoms with Gasteiger partial charge in [0.15, 0.2) is 0 Å². The van der Waals surface area contributed by atoms with E-state index in [0.29, 0.717) is 25.6 Å². The van der Waals surface area contributed by atoms with Gasteiger partial charge >= 0.3 is 0 Å². The van der Waals surface area contributed by atoms with Gasteiger partial charge in [-0.15, -0.1) is 0 Å². The Labute approximate surface area is 161 Å². The second kappa shape index (κ2) is 9.11. The number of hydrogen-bond acceptors (Lipinski definition) is 4. The van der Waals surface area contributed by atoms with E-state index in [1.807, 2.05) is 34.1 Å². The molecule has 0 spiro atoms. The van der Waals surface area contributed by atoms with Crippen molar-refractivity contribution in [2.24, 2.45) is 11.8 Å². The molecule has 0 N–H and O–H groups in total. The number of hydrogen-bond donors (Lipinski definition) is 0. The van der Waals surface area contributed by atoms with Gasteiger partial charge in [-0.3, -0.25) is 9.59 Å². The third-order valence-corrected chi connectivity index (χ3v) is 5.67. The first-order valence-electron chi connectivity index (χ1n) is 9.88. The van der Waals surface area contributed by atoms with Crippen LogP contribution in [0.1, 0.15) is 32.6 Å². The second-order valence-electron chi connectivity index (χ2n) is 7.56. The minimum Gasteiger partial charge on any atom is -0.497 e. The van der Waals surface area contributed by atoms with Crippen LogP contribution in [0.4, 0.5) is 0 Å². The number of ether oxygens (including phenoxy) is 2. The van der Waals surface area contributed by atoms with Crippen LogP contribution in [0.3, 0.4) is 0 Å². The van der Waals surface area contributed by atoms with Crippen LogP contribution in [0.5, 0.6) is 11.5 Å². The lowest BCUT2D eigenvalue weighted by atomic mass is 9.92. The number of likely N-dealkylation sites (tertiary alicyclic amines) is 2. The van der Waals surface area contributed by atoms with Gasteiger partial charge in [0.25, 0.3) is 0 Å². The van der Waals surface area contributed by atoms with Crippen LogP contribution in [0.25, 0.3) is 0 Å². The Bertz CT molecular complexity index is 638. The lowest BCUT2D eigenvalue weighted by Crippen LogP contribution is -2.47. The molecule has 0 aliphatic carbocycles. The number of piperidine rings is 2. The Morgan fingerprint density at radius 2 is 1.67 bits per heavy atom. The highest BCUT2D eigenvalue weighted by Gasteiger charge is 2.32. The molecule has 1 aromatic carbocycles. The minimum absolute atomic E-state index is 0.0573. The topological polar surface area (TPSA) is 59.1 Å². The van der Waals surface area contributed by atoms with Crippen molar-refractivity contribution < 1.29 is 19.1 Å². The molecule has 0 bridgehead atoms. The summed E-state index contributed by atoms with van der Waals surface area (Å²) in [4.78, 5) is 28.2. The van der Waals surface area contributed by atoms with Crippen molar-refractivity contribution in [3.8, 4) is 11.5 Å². The van der Waals surface area contributed by atoms with Crippen molar-refractivity contribution in [2.75, 3.05) is 39.9 Å². The quantitative estimate of drug-likeness (QED) is 0.795. The van der Waals surface area contributed by atoms with Crippen molar-refractivity contribution in [3.63, 3.8) is 0 Å². The highest BCUT2D eigenvalue weighted by Crippen LogP contribution is 2.25. The lowest BCUT2D eigenvalue weighted by molar-refractivity contribution is -0.141. The largest absolute Gasteiger partial charge is 0.497 e. The van der Waals surface area contributed by atoms with Gasteiger partial charge < -0.3 is 19.3 Å². The maximum Gasteiger partial charge on any atom is 0.225 e. The van der Waals surface area contributed by atoms with Gasteiger partial charge in [-0.05, 0) is 49.9 Å². The van der Waals surface area contributed by atoms with Crippen molar-refractivity contribution in [2.45, 2.75) is 32.6 Å². The van der Waals surface area contributed by atoms with Crippen LogP contribution in [0, 0.1) is 11.8 Å². The molecule has 3 rings (SSSR count). The van der Waals surface area contributed by atoms with E-state index in [0.717, 1.165) is 50.3 Å². The number of methoxy groups -OCH3 is 1. The van der Waals surface area contributed by atoms with Gasteiger partial charge in [0.05, 0.1) is 13.7 Å². The summed E-state index contributed by atoms with van der Waals surface area (Å²) in [6.45, 7) is 5.22. The third-order valence-electron chi connectivity index (χ3n) is 5.67. The number of carbonyl (C=O) groups excluding carboxylic acids is 2. The van der Waals surface area contributed by atoms with Gasteiger partial charge in [-0.1, -0.05) is 0 Å². The van der Waals surface area contributed by atoms with E-state index in [9.17, 15) is 9.59 Å². The Hall–Kier alpha value is -2.24. The van der Waals surface area contributed by atoms with E-state index in [2.05, 4.69) is 0 Å². The molecular weight excluding hydrogens is 344 g/mol. The van der Waals surface area contributed by atoms with E-state index in [4.69, 9.17) is 9.47 Å². The van der Waals surface area contributed by atoms with Gasteiger partial charge in [-0.2, -0.15) is 0 Å². The van der Waals surface area contributed by atoms with Crippen LogP contribution in [-0.2, 0) is 9.59 Å². The fraction of sp³-hybridized carbons (Fsp3) is 0.619. The van der Waals surface area contributed by atoms with Gasteiger partial charge in [0.1, 0.15) is 11.5 Å². The molecule has 1 unspecified atom stereocenters. The summed E-state index contributed by atoms with van der Waals surface area (Å²) in [6.07, 6.45) is 3.67. The number of benzene rings is 1. The predicted octanol–water partition coefficient (Wildman–Crippen LogP) is 2.57. The highest BCUT2D eigenvalue weighted by atomic mass is 16.5. The third kappa shape index (κ3) is 5.15. The number of amides is 2. The summed E-state index contributed by atoms with van der Waals surface area (Å²) in [6, 6.07) is 7.60. The predicted molar refractivity (Wildman–Crippen MR) is 103 cm³/mol. The van der Waals surface area contributed by atoms with Crippen LogP contribution in [0.15, 0.2) is 24.3 Å². The molecule has 2 heterocycles. The first-order valence-corrected chi connectivity index (χ1v) is 9.88. The molecule has 0 aromatic heterocycles. The van der Waals surface area contributed by atoms with Crippen molar-refractivity contribution in [1.29, 1.82) is 0 Å². The molecule has 27 heavy (non-hydrogen) atoms. The SMILES string of the molecule is COc1ccc(OCC2CCCN(C(=O)C3CCN(C(C)=O)CC3)C2)cc1. The van der Waals surface area contributed by atoms with E-state index >= 15 is 0 Å². The molecule has 1 atom stereocenters. The second-order valence-corrected chi connectivity index (χ2v) is 7.56. The molecule has 2 aliphatic rings. The van der Waals surface area contributed by atoms with Crippen LogP contribution in [0.2, 0.25) is 0 Å². The molecule has 2 saturated heterocycles. The molecule has 6 heteroatoms. The molecule has 2 fully saturated rings. The van der Waals surface area contributed by atoms with Crippen molar-refractivity contribution in [3.05, 3.63) is 24.3 Å².